The summed E-state index contributed by atoms with van der Waals surface area (Å²) in [7, 11) is 0. The van der Waals surface area contributed by atoms with Crippen molar-refractivity contribution in [3.05, 3.63) is 29.8 Å². The minimum absolute atomic E-state index is 0.157. The van der Waals surface area contributed by atoms with Gasteiger partial charge in [-0.25, -0.2) is 0 Å². The highest BCUT2D eigenvalue weighted by molar-refractivity contribution is 5.94. The third kappa shape index (κ3) is 3.90. The number of nitrogen functional groups attached to an aromatic ring is 1. The Balaban J connectivity index is 2.41. The molecule has 1 aromatic carbocycles. The Bertz CT molecular complexity index is 353. The lowest BCUT2D eigenvalue weighted by atomic mass is 10.1. The number of carbonyl (C=O) groups is 1. The molecule has 0 aliphatic rings. The van der Waals surface area contributed by atoms with Gasteiger partial charge in [-0.3, -0.25) is 4.79 Å². The van der Waals surface area contributed by atoms with Crippen molar-refractivity contribution in [1.82, 2.24) is 5.32 Å². The molecule has 1 aromatic rings. The molecule has 16 heavy (non-hydrogen) atoms. The summed E-state index contributed by atoms with van der Waals surface area (Å²) in [5, 5.41) is 12.1. The van der Waals surface area contributed by atoms with E-state index >= 15 is 0 Å². The van der Waals surface area contributed by atoms with Crippen molar-refractivity contribution in [2.24, 2.45) is 0 Å². The first kappa shape index (κ1) is 12.5. The van der Waals surface area contributed by atoms with Crippen molar-refractivity contribution in [3.8, 4) is 0 Å². The van der Waals surface area contributed by atoms with Crippen LogP contribution >= 0.6 is 0 Å². The third-order valence-electron chi connectivity index (χ3n) is 2.38. The number of aliphatic hydroxyl groups excluding tert-OH is 1. The molecule has 0 aliphatic carbocycles. The summed E-state index contributed by atoms with van der Waals surface area (Å²) in [6, 6.07) is 6.82. The average Bonchev–Trinajstić information content (AvgIpc) is 2.28. The van der Waals surface area contributed by atoms with E-state index in [2.05, 4.69) is 5.32 Å². The number of nitrogens with two attached hydrogens (primary N) is 1. The van der Waals surface area contributed by atoms with E-state index in [1.54, 1.807) is 24.3 Å². The molecule has 0 radical (unpaired) electrons. The fourth-order valence-electron chi connectivity index (χ4n) is 1.34. The molecule has 0 aliphatic heterocycles. The van der Waals surface area contributed by atoms with Crippen LogP contribution in [-0.2, 0) is 0 Å². The molecule has 0 fully saturated rings. The first-order valence-corrected chi connectivity index (χ1v) is 5.45. The molecule has 1 atom stereocenters. The van der Waals surface area contributed by atoms with Crippen LogP contribution in [0.1, 0.15) is 30.1 Å². The number of amides is 1. The van der Waals surface area contributed by atoms with Gasteiger partial charge in [-0.1, -0.05) is 13.0 Å². The van der Waals surface area contributed by atoms with Gasteiger partial charge in [0.15, 0.2) is 0 Å². The van der Waals surface area contributed by atoms with Crippen LogP contribution in [0.3, 0.4) is 0 Å². The van der Waals surface area contributed by atoms with Crippen LogP contribution < -0.4 is 11.1 Å². The number of aliphatic hydroxyl groups is 1. The molecule has 88 valence electrons. The van der Waals surface area contributed by atoms with E-state index in [-0.39, 0.29) is 12.0 Å². The maximum absolute atomic E-state index is 11.6. The average molecular weight is 222 g/mol. The number of benzene rings is 1. The van der Waals surface area contributed by atoms with E-state index in [4.69, 9.17) is 5.73 Å². The Hall–Kier alpha value is -1.55. The summed E-state index contributed by atoms with van der Waals surface area (Å²) in [4.78, 5) is 11.6. The van der Waals surface area contributed by atoms with Gasteiger partial charge in [0.05, 0.1) is 6.10 Å². The molecule has 1 amide bonds. The van der Waals surface area contributed by atoms with Gasteiger partial charge in [0.25, 0.3) is 5.91 Å². The van der Waals surface area contributed by atoms with Crippen molar-refractivity contribution in [2.45, 2.75) is 25.9 Å². The summed E-state index contributed by atoms with van der Waals surface area (Å²) in [5.74, 6) is -0.157. The van der Waals surface area contributed by atoms with Gasteiger partial charge < -0.3 is 16.2 Å². The number of nitrogens with one attached hydrogen (secondary N) is 1. The Morgan fingerprint density at radius 2 is 2.31 bits per heavy atom. The number of anilines is 1. The molecule has 0 saturated carbocycles. The van der Waals surface area contributed by atoms with Crippen LogP contribution in [0.5, 0.6) is 0 Å². The highest BCUT2D eigenvalue weighted by atomic mass is 16.3. The second kappa shape index (κ2) is 6.12. The van der Waals surface area contributed by atoms with Gasteiger partial charge in [-0.2, -0.15) is 0 Å². The van der Waals surface area contributed by atoms with E-state index in [1.807, 2.05) is 6.92 Å². The monoisotopic (exact) mass is 222 g/mol. The normalized spacial score (nSPS) is 12.1. The van der Waals surface area contributed by atoms with Crippen LogP contribution in [-0.4, -0.2) is 23.7 Å². The zero-order valence-corrected chi connectivity index (χ0v) is 9.44. The highest BCUT2D eigenvalue weighted by Crippen LogP contribution is 2.06. The Morgan fingerprint density at radius 3 is 2.94 bits per heavy atom. The van der Waals surface area contributed by atoms with Crippen LogP contribution in [0.4, 0.5) is 5.69 Å². The van der Waals surface area contributed by atoms with Crippen molar-refractivity contribution in [1.29, 1.82) is 0 Å². The van der Waals surface area contributed by atoms with E-state index < -0.39 is 0 Å². The fourth-order valence-corrected chi connectivity index (χ4v) is 1.34. The first-order chi connectivity index (χ1) is 7.63. The van der Waals surface area contributed by atoms with E-state index in [9.17, 15) is 9.90 Å². The topological polar surface area (TPSA) is 75.3 Å². The third-order valence-corrected chi connectivity index (χ3v) is 2.38. The molecule has 4 nitrogen and oxygen atoms in total. The van der Waals surface area contributed by atoms with Crippen molar-refractivity contribution >= 4 is 11.6 Å². The molecular formula is C12H18N2O2. The second-order valence-electron chi connectivity index (χ2n) is 3.73. The Morgan fingerprint density at radius 1 is 1.56 bits per heavy atom. The molecule has 4 N–H and O–H groups in total. The maximum atomic E-state index is 11.6. The van der Waals surface area contributed by atoms with Crippen LogP contribution in [0.25, 0.3) is 0 Å². The molecule has 0 heterocycles. The quantitative estimate of drug-likeness (QED) is 0.654. The van der Waals surface area contributed by atoms with E-state index in [0.29, 0.717) is 30.6 Å². The molecule has 0 aromatic heterocycles. The number of hydrogen-bond acceptors (Lipinski definition) is 3. The molecule has 1 unspecified atom stereocenters. The summed E-state index contributed by atoms with van der Waals surface area (Å²) >= 11 is 0. The van der Waals surface area contributed by atoms with Gasteiger partial charge in [0, 0.05) is 17.8 Å². The largest absolute Gasteiger partial charge is 0.399 e. The van der Waals surface area contributed by atoms with Gasteiger partial charge in [0.1, 0.15) is 0 Å². The Kier molecular flexibility index (Phi) is 4.79. The lowest BCUT2D eigenvalue weighted by Crippen LogP contribution is -2.27. The smallest absolute Gasteiger partial charge is 0.251 e. The SMILES string of the molecule is CCC(O)CCNC(=O)c1cccc(N)c1. The molecule has 0 saturated heterocycles. The van der Waals surface area contributed by atoms with Gasteiger partial charge >= 0.3 is 0 Å². The summed E-state index contributed by atoms with van der Waals surface area (Å²) in [6.45, 7) is 2.38. The summed E-state index contributed by atoms with van der Waals surface area (Å²) in [5.41, 5.74) is 6.69. The number of hydrogen-bond donors (Lipinski definition) is 3. The van der Waals surface area contributed by atoms with Crippen LogP contribution in [0, 0.1) is 0 Å². The highest BCUT2D eigenvalue weighted by Gasteiger charge is 2.06. The summed E-state index contributed by atoms with van der Waals surface area (Å²) in [6.07, 6.45) is 0.930. The number of rotatable bonds is 5. The van der Waals surface area contributed by atoms with Crippen molar-refractivity contribution in [2.75, 3.05) is 12.3 Å². The predicted molar refractivity (Wildman–Crippen MR) is 64.1 cm³/mol. The van der Waals surface area contributed by atoms with Gasteiger partial charge in [-0.05, 0) is 31.0 Å². The number of carbonyl (C=O) groups excluding carboxylic acids is 1. The van der Waals surface area contributed by atoms with E-state index in [0.717, 1.165) is 0 Å². The molecule has 0 bridgehead atoms. The second-order valence-corrected chi connectivity index (χ2v) is 3.73. The van der Waals surface area contributed by atoms with Crippen molar-refractivity contribution in [3.63, 3.8) is 0 Å². The molecule has 1 rings (SSSR count). The minimum atomic E-state index is -0.346. The lowest BCUT2D eigenvalue weighted by molar-refractivity contribution is 0.0942. The van der Waals surface area contributed by atoms with Crippen LogP contribution in [0.2, 0.25) is 0 Å². The van der Waals surface area contributed by atoms with Crippen LogP contribution in [0.15, 0.2) is 24.3 Å². The zero-order valence-electron chi connectivity index (χ0n) is 9.44. The maximum Gasteiger partial charge on any atom is 0.251 e. The first-order valence-electron chi connectivity index (χ1n) is 5.45. The fraction of sp³-hybridized carbons (Fsp3) is 0.417. The zero-order chi connectivity index (χ0) is 12.0. The van der Waals surface area contributed by atoms with E-state index in [1.165, 1.54) is 0 Å². The Labute approximate surface area is 95.5 Å². The minimum Gasteiger partial charge on any atom is -0.399 e. The standard InChI is InChI=1S/C12H18N2O2/c1-2-11(15)6-7-14-12(16)9-4-3-5-10(13)8-9/h3-5,8,11,15H,2,6-7,13H2,1H3,(H,14,16). The lowest BCUT2D eigenvalue weighted by Gasteiger charge is -2.09. The van der Waals surface area contributed by atoms with Gasteiger partial charge in [-0.15, -0.1) is 0 Å². The molecule has 4 heteroatoms. The summed E-state index contributed by atoms with van der Waals surface area (Å²) < 4.78 is 0. The van der Waals surface area contributed by atoms with Gasteiger partial charge in [0.2, 0.25) is 0 Å². The predicted octanol–water partition coefficient (Wildman–Crippen LogP) is 1.16. The molecule has 0 spiro atoms. The van der Waals surface area contributed by atoms with Crippen molar-refractivity contribution < 1.29 is 9.90 Å². The molecular weight excluding hydrogens is 204 g/mol.